The Kier molecular flexibility index (Phi) is 12.3. The molecule has 0 spiro atoms. The highest BCUT2D eigenvalue weighted by Gasteiger charge is 2.55. The SMILES string of the molecule is COC(=O)C1OC(OC2CC(O)[C@@H](O)O[C@H]2C(=O)O)C(O)C(O)C1O[C@H]1O[C@@H](C(=O)O)C(OC2OC(C(=O)O)C(O)C(O)C2O)CC1O. The third kappa shape index (κ3) is 7.85. The number of ether oxygens (including phenoxy) is 8. The van der Waals surface area contributed by atoms with Crippen LogP contribution in [0.1, 0.15) is 12.8 Å². The average Bonchev–Trinajstić information content (AvgIpc) is 3.02. The lowest BCUT2D eigenvalue weighted by Crippen LogP contribution is -2.65. The first-order chi connectivity index (χ1) is 22.5. The van der Waals surface area contributed by atoms with E-state index in [2.05, 4.69) is 4.74 Å². The van der Waals surface area contributed by atoms with E-state index in [9.17, 15) is 75.3 Å². The summed E-state index contributed by atoms with van der Waals surface area (Å²) < 4.78 is 41.4. The van der Waals surface area contributed by atoms with Gasteiger partial charge in [-0.15, -0.1) is 0 Å². The van der Waals surface area contributed by atoms with Crippen LogP contribution in [0.3, 0.4) is 0 Å². The van der Waals surface area contributed by atoms with E-state index in [0.29, 0.717) is 0 Å². The number of rotatable bonds is 10. The maximum absolute atomic E-state index is 12.7. The van der Waals surface area contributed by atoms with Crippen molar-refractivity contribution in [2.45, 2.75) is 123 Å². The molecule has 0 amide bonds. The number of carboxylic acids is 3. The minimum atomic E-state index is -2.17. The van der Waals surface area contributed by atoms with Gasteiger partial charge in [0.2, 0.25) is 0 Å². The normalized spacial score (nSPS) is 46.8. The fourth-order valence-electron chi connectivity index (χ4n) is 5.48. The van der Waals surface area contributed by atoms with E-state index >= 15 is 0 Å². The van der Waals surface area contributed by atoms with Crippen LogP contribution in [0.15, 0.2) is 0 Å². The monoisotopic (exact) mass is 704 g/mol. The summed E-state index contributed by atoms with van der Waals surface area (Å²) in [7, 11) is 0.893. The molecule has 4 rings (SSSR count). The molecule has 4 saturated heterocycles. The zero-order valence-electron chi connectivity index (χ0n) is 24.6. The Balaban J connectivity index is 1.49. The van der Waals surface area contributed by atoms with Crippen molar-refractivity contribution >= 4 is 23.9 Å². The number of aliphatic hydroxyl groups excluding tert-OH is 8. The van der Waals surface area contributed by atoms with Crippen LogP contribution >= 0.6 is 0 Å². The molecule has 0 saturated carbocycles. The van der Waals surface area contributed by atoms with Crippen LogP contribution < -0.4 is 0 Å². The van der Waals surface area contributed by atoms with Gasteiger partial charge in [0.1, 0.15) is 61.0 Å². The van der Waals surface area contributed by atoms with Gasteiger partial charge in [-0.05, 0) is 0 Å². The van der Waals surface area contributed by atoms with Crippen molar-refractivity contribution in [2.24, 2.45) is 0 Å². The predicted molar refractivity (Wildman–Crippen MR) is 138 cm³/mol. The summed E-state index contributed by atoms with van der Waals surface area (Å²) >= 11 is 0. The van der Waals surface area contributed by atoms with E-state index in [1.54, 1.807) is 0 Å². The minimum Gasteiger partial charge on any atom is -0.479 e. The molecule has 4 fully saturated rings. The molecule has 23 heteroatoms. The fraction of sp³-hybridized carbons (Fsp3) is 0.840. The van der Waals surface area contributed by atoms with Crippen LogP contribution in [-0.2, 0) is 57.1 Å². The minimum absolute atomic E-state index is 0.551. The lowest BCUT2D eigenvalue weighted by molar-refractivity contribution is -0.363. The Labute approximate surface area is 268 Å². The molecule has 23 nitrogen and oxygen atoms in total. The highest BCUT2D eigenvalue weighted by molar-refractivity contribution is 5.76. The molecule has 4 heterocycles. The van der Waals surface area contributed by atoms with Crippen molar-refractivity contribution in [1.29, 1.82) is 0 Å². The Bertz CT molecular complexity index is 1170. The van der Waals surface area contributed by atoms with Crippen molar-refractivity contribution in [3.8, 4) is 0 Å². The largest absolute Gasteiger partial charge is 0.479 e. The van der Waals surface area contributed by atoms with Gasteiger partial charge < -0.3 is 94.1 Å². The summed E-state index contributed by atoms with van der Waals surface area (Å²) in [6, 6.07) is 0. The topological polar surface area (TPSA) is 365 Å². The van der Waals surface area contributed by atoms with E-state index in [-0.39, 0.29) is 0 Å². The molecule has 274 valence electrons. The van der Waals surface area contributed by atoms with Gasteiger partial charge in [0.15, 0.2) is 49.6 Å². The van der Waals surface area contributed by atoms with Crippen molar-refractivity contribution in [3.63, 3.8) is 0 Å². The first kappa shape index (κ1) is 38.1. The summed E-state index contributed by atoms with van der Waals surface area (Å²) in [6.07, 6.45) is -36.7. The predicted octanol–water partition coefficient (Wildman–Crippen LogP) is -7.23. The Hall–Kier alpha value is -2.72. The number of aliphatic carboxylic acids is 3. The van der Waals surface area contributed by atoms with Gasteiger partial charge in [0.25, 0.3) is 0 Å². The number of esters is 1. The summed E-state index contributed by atoms with van der Waals surface area (Å²) in [5.74, 6) is -6.40. The maximum Gasteiger partial charge on any atom is 0.337 e. The molecule has 0 bridgehead atoms. The number of hydrogen-bond acceptors (Lipinski definition) is 20. The van der Waals surface area contributed by atoms with E-state index in [4.69, 9.17) is 33.2 Å². The zero-order chi connectivity index (χ0) is 35.8. The summed E-state index contributed by atoms with van der Waals surface area (Å²) in [5.41, 5.74) is 0. The van der Waals surface area contributed by atoms with Crippen molar-refractivity contribution in [2.75, 3.05) is 7.11 Å². The first-order valence-corrected chi connectivity index (χ1v) is 14.3. The highest BCUT2D eigenvalue weighted by atomic mass is 16.8. The van der Waals surface area contributed by atoms with Crippen molar-refractivity contribution in [3.05, 3.63) is 0 Å². The Morgan fingerprint density at radius 3 is 1.50 bits per heavy atom. The molecule has 0 radical (unpaired) electrons. The molecule has 0 aliphatic carbocycles. The second kappa shape index (κ2) is 15.4. The lowest BCUT2D eigenvalue weighted by atomic mass is 9.96. The molecule has 48 heavy (non-hydrogen) atoms. The van der Waals surface area contributed by atoms with Crippen LogP contribution in [0.2, 0.25) is 0 Å². The van der Waals surface area contributed by atoms with E-state index in [1.165, 1.54) is 0 Å². The fourth-order valence-corrected chi connectivity index (χ4v) is 5.48. The number of carbonyl (C=O) groups is 4. The smallest absolute Gasteiger partial charge is 0.337 e. The second-order valence-electron chi connectivity index (χ2n) is 11.3. The van der Waals surface area contributed by atoms with Crippen molar-refractivity contribution < 1.29 is 113 Å². The van der Waals surface area contributed by atoms with Gasteiger partial charge in [0, 0.05) is 12.8 Å². The van der Waals surface area contributed by atoms with Crippen LogP contribution in [0.5, 0.6) is 0 Å². The third-order valence-electron chi connectivity index (χ3n) is 8.02. The number of hydrogen-bond donors (Lipinski definition) is 11. The van der Waals surface area contributed by atoms with E-state index in [0.717, 1.165) is 7.11 Å². The van der Waals surface area contributed by atoms with Gasteiger partial charge >= 0.3 is 23.9 Å². The second-order valence-corrected chi connectivity index (χ2v) is 11.3. The first-order valence-electron chi connectivity index (χ1n) is 14.3. The summed E-state index contributed by atoms with van der Waals surface area (Å²) in [4.78, 5) is 47.8. The van der Waals surface area contributed by atoms with Gasteiger partial charge in [-0.1, -0.05) is 0 Å². The molecular weight excluding hydrogens is 668 g/mol. The highest BCUT2D eigenvalue weighted by Crippen LogP contribution is 2.34. The standard InChI is InChI=1S/C25H36O23/c1-41-22(40)17-15(10(30)12(32)25(48-17)42-6-2-4(26)21(39)44-13(6)18(33)34)46-23-5(27)3-7(14(45-23)19(35)36)43-24-11(31)8(28)9(29)16(47-24)20(37)38/h4-17,21,23-32,39H,2-3H2,1H3,(H,33,34)(H,35,36)(H,37,38)/t4?,5?,6?,7?,8?,9?,10?,11?,12?,13-,14-,15?,16?,17?,21+,23-,24?,25?/m1/s1. The number of carboxylic acid groups (broad SMARTS) is 3. The molecule has 14 unspecified atom stereocenters. The zero-order valence-corrected chi connectivity index (χ0v) is 24.6. The molecule has 4 aliphatic rings. The van der Waals surface area contributed by atoms with Gasteiger partial charge in [0.05, 0.1) is 7.11 Å². The maximum atomic E-state index is 12.7. The van der Waals surface area contributed by atoms with Crippen LogP contribution in [0, 0.1) is 0 Å². The molecule has 11 N–H and O–H groups in total. The van der Waals surface area contributed by atoms with Crippen LogP contribution in [0.25, 0.3) is 0 Å². The number of aliphatic hydroxyl groups is 8. The summed E-state index contributed by atoms with van der Waals surface area (Å²) in [6.45, 7) is 0. The Morgan fingerprint density at radius 2 is 0.979 bits per heavy atom. The molecule has 0 aromatic rings. The van der Waals surface area contributed by atoms with Crippen LogP contribution in [0.4, 0.5) is 0 Å². The van der Waals surface area contributed by atoms with Gasteiger partial charge in [-0.25, -0.2) is 19.2 Å². The van der Waals surface area contributed by atoms with Gasteiger partial charge in [-0.3, -0.25) is 0 Å². The molecular formula is C25H36O23. The molecule has 18 atom stereocenters. The Morgan fingerprint density at radius 1 is 0.521 bits per heavy atom. The number of methoxy groups -OCH3 is 1. The number of carbonyl (C=O) groups excluding carboxylic acids is 1. The van der Waals surface area contributed by atoms with E-state index in [1.807, 2.05) is 0 Å². The lowest BCUT2D eigenvalue weighted by Gasteiger charge is -2.46. The summed E-state index contributed by atoms with van der Waals surface area (Å²) in [5, 5.41) is 111. The molecule has 0 aromatic carbocycles. The van der Waals surface area contributed by atoms with Crippen LogP contribution in [-0.4, -0.2) is 198 Å². The molecule has 0 aromatic heterocycles. The van der Waals surface area contributed by atoms with E-state index < -0.39 is 147 Å². The average molecular weight is 705 g/mol. The van der Waals surface area contributed by atoms with Gasteiger partial charge in [-0.2, -0.15) is 0 Å². The third-order valence-corrected chi connectivity index (χ3v) is 8.02. The molecule has 4 aliphatic heterocycles. The van der Waals surface area contributed by atoms with Crippen molar-refractivity contribution in [1.82, 2.24) is 0 Å². The quantitative estimate of drug-likeness (QED) is 0.0941.